The number of carbonyl (C=O) groups excluding carboxylic acids is 2. The van der Waals surface area contributed by atoms with Crippen LogP contribution in [-0.4, -0.2) is 74.1 Å². The largest absolute Gasteiger partial charge is 0.483 e. The number of benzene rings is 1. The summed E-state index contributed by atoms with van der Waals surface area (Å²) >= 11 is 0. The Kier molecular flexibility index (Phi) is 10.5. The third-order valence-electron chi connectivity index (χ3n) is 7.03. The maximum Gasteiger partial charge on any atom is 0.435 e. The second-order valence-electron chi connectivity index (χ2n) is 9.79. The number of halogens is 3. The Labute approximate surface area is 249 Å². The van der Waals surface area contributed by atoms with Gasteiger partial charge >= 0.3 is 6.18 Å². The minimum Gasteiger partial charge on any atom is -0.483 e. The van der Waals surface area contributed by atoms with E-state index in [0.29, 0.717) is 42.2 Å². The summed E-state index contributed by atoms with van der Waals surface area (Å²) in [5.41, 5.74) is 1.31. The molecule has 6 N–H and O–H groups in total. The average molecular weight is 616 g/mol. The van der Waals surface area contributed by atoms with E-state index >= 15 is 0 Å². The van der Waals surface area contributed by atoms with Crippen LogP contribution in [0.15, 0.2) is 43.0 Å². The summed E-state index contributed by atoms with van der Waals surface area (Å²) in [6.07, 6.45) is 3.08. The molecule has 1 fully saturated rings. The van der Waals surface area contributed by atoms with Gasteiger partial charge < -0.3 is 26.4 Å². The minimum atomic E-state index is -4.63. The second-order valence-corrected chi connectivity index (χ2v) is 9.79. The highest BCUT2D eigenvalue weighted by molar-refractivity contribution is 5.96. The maximum atomic E-state index is 13.4. The molecular weight excluding hydrogens is 583 g/mol. The van der Waals surface area contributed by atoms with Crippen molar-refractivity contribution in [1.29, 1.82) is 0 Å². The van der Waals surface area contributed by atoms with Crippen molar-refractivity contribution in [1.82, 2.24) is 40.5 Å². The Hall–Kier alpha value is -4.99. The molecule has 4 aromatic rings. The van der Waals surface area contributed by atoms with E-state index in [1.165, 1.54) is 29.2 Å². The van der Waals surface area contributed by atoms with Crippen LogP contribution in [0, 0.1) is 5.92 Å². The van der Waals surface area contributed by atoms with E-state index in [1.54, 1.807) is 12.1 Å². The van der Waals surface area contributed by atoms with Crippen LogP contribution >= 0.6 is 0 Å². The summed E-state index contributed by atoms with van der Waals surface area (Å²) in [7, 11) is 0. The fourth-order valence-electron chi connectivity index (χ4n) is 4.92. The second kappa shape index (κ2) is 14.5. The first kappa shape index (κ1) is 31.9. The number of aromatic amines is 1. The quantitative estimate of drug-likeness (QED) is 0.122. The molecule has 1 aliphatic rings. The Morgan fingerprint density at radius 3 is 2.59 bits per heavy atom. The number of amides is 2. The van der Waals surface area contributed by atoms with Crippen molar-refractivity contribution < 1.29 is 32.7 Å². The Morgan fingerprint density at radius 2 is 1.89 bits per heavy atom. The van der Waals surface area contributed by atoms with Crippen LogP contribution in [0.1, 0.15) is 41.4 Å². The summed E-state index contributed by atoms with van der Waals surface area (Å²) in [6.45, 7) is 4.00. The number of fused-ring (bicyclic) bond motifs is 1. The highest BCUT2D eigenvalue weighted by Gasteiger charge is 2.37. The van der Waals surface area contributed by atoms with Crippen LogP contribution < -0.4 is 21.3 Å². The summed E-state index contributed by atoms with van der Waals surface area (Å²) in [6, 6.07) is 5.24. The van der Waals surface area contributed by atoms with Crippen LogP contribution in [-0.2, 0) is 22.2 Å². The van der Waals surface area contributed by atoms with Gasteiger partial charge in [0, 0.05) is 48.8 Å². The van der Waals surface area contributed by atoms with E-state index < -0.39 is 11.9 Å². The summed E-state index contributed by atoms with van der Waals surface area (Å²) < 4.78 is 41.7. The highest BCUT2D eigenvalue weighted by Crippen LogP contribution is 2.36. The number of carboxylic acid groups (broad SMARTS) is 1. The van der Waals surface area contributed by atoms with Gasteiger partial charge in [-0.05, 0) is 56.1 Å². The van der Waals surface area contributed by atoms with Crippen LogP contribution in [0.4, 0.5) is 24.7 Å². The fourth-order valence-corrected chi connectivity index (χ4v) is 4.92. The van der Waals surface area contributed by atoms with Gasteiger partial charge in [-0.25, -0.2) is 9.97 Å². The van der Waals surface area contributed by atoms with Gasteiger partial charge in [0.05, 0.1) is 17.5 Å². The lowest BCUT2D eigenvalue weighted by Crippen LogP contribution is -2.41. The van der Waals surface area contributed by atoms with E-state index in [9.17, 15) is 22.8 Å². The molecule has 1 aromatic carbocycles. The molecule has 234 valence electrons. The lowest BCUT2D eigenvalue weighted by molar-refractivity contribution is -0.140. The number of aromatic nitrogens is 5. The lowest BCUT2D eigenvalue weighted by atomic mass is 9.97. The number of nitrogens with one attached hydrogen (secondary N) is 5. The number of hydrogen-bond acceptors (Lipinski definition) is 8. The predicted molar refractivity (Wildman–Crippen MR) is 154 cm³/mol. The normalized spacial score (nSPS) is 13.5. The molecule has 2 amide bonds. The Morgan fingerprint density at radius 1 is 1.16 bits per heavy atom. The first-order valence-corrected chi connectivity index (χ1v) is 13.9. The first-order chi connectivity index (χ1) is 21.2. The highest BCUT2D eigenvalue weighted by atomic mass is 19.4. The standard InChI is InChI=1S/C27H30F3N9O2.CH2O2/c1-2-16-13-18(3-4-19(16)26(41)34-10-9-33-25(40)17-5-7-31-8-6-17)37-23-24-35-15-21(39(24)12-11-32-23)20-14-36-38-22(20)27(28,29)30;2-1-3/h3-4,11-15,17,31H,2,5-10H2,1H3,(H,32,37)(H,33,40)(H,34,41)(H,36,38);1H,(H,2,3). The van der Waals surface area contributed by atoms with Crippen molar-refractivity contribution in [3.8, 4) is 11.3 Å². The molecule has 1 saturated heterocycles. The molecule has 0 atom stereocenters. The molecule has 5 rings (SSSR count). The van der Waals surface area contributed by atoms with E-state index in [4.69, 9.17) is 9.90 Å². The number of carbonyl (C=O) groups is 3. The Balaban J connectivity index is 0.00000141. The van der Waals surface area contributed by atoms with Gasteiger partial charge in [-0.3, -0.25) is 23.9 Å². The zero-order valence-corrected chi connectivity index (χ0v) is 23.7. The Bertz CT molecular complexity index is 1600. The number of piperidine rings is 1. The van der Waals surface area contributed by atoms with Gasteiger partial charge in [-0.2, -0.15) is 18.3 Å². The molecule has 16 heteroatoms. The van der Waals surface area contributed by atoms with Gasteiger partial charge in [0.1, 0.15) is 0 Å². The van der Waals surface area contributed by atoms with E-state index in [0.717, 1.165) is 31.5 Å². The number of imidazole rings is 1. The molecule has 0 spiro atoms. The number of aryl methyl sites for hydroxylation is 1. The van der Waals surface area contributed by atoms with Crippen LogP contribution in [0.25, 0.3) is 16.9 Å². The zero-order chi connectivity index (χ0) is 31.7. The number of H-pyrrole nitrogens is 1. The molecule has 0 aliphatic carbocycles. The van der Waals surface area contributed by atoms with Crippen molar-refractivity contribution in [3.05, 3.63) is 59.8 Å². The average Bonchev–Trinajstić information content (AvgIpc) is 3.68. The number of anilines is 2. The van der Waals surface area contributed by atoms with Gasteiger partial charge in [0.2, 0.25) is 5.91 Å². The van der Waals surface area contributed by atoms with E-state index in [-0.39, 0.29) is 35.5 Å². The number of alkyl halides is 3. The topological polar surface area (TPSA) is 178 Å². The van der Waals surface area contributed by atoms with Crippen molar-refractivity contribution in [2.45, 2.75) is 32.4 Å². The van der Waals surface area contributed by atoms with Crippen LogP contribution in [0.3, 0.4) is 0 Å². The van der Waals surface area contributed by atoms with Gasteiger partial charge in [0.25, 0.3) is 12.4 Å². The maximum absolute atomic E-state index is 13.4. The van der Waals surface area contributed by atoms with Gasteiger partial charge in [-0.15, -0.1) is 0 Å². The number of hydrogen-bond donors (Lipinski definition) is 6. The monoisotopic (exact) mass is 615 g/mol. The van der Waals surface area contributed by atoms with Crippen molar-refractivity contribution in [3.63, 3.8) is 0 Å². The van der Waals surface area contributed by atoms with Crippen molar-refractivity contribution in [2.75, 3.05) is 31.5 Å². The van der Waals surface area contributed by atoms with Crippen molar-refractivity contribution >= 4 is 35.4 Å². The van der Waals surface area contributed by atoms with Gasteiger partial charge in [0.15, 0.2) is 17.2 Å². The predicted octanol–water partition coefficient (Wildman–Crippen LogP) is 2.99. The summed E-state index contributed by atoms with van der Waals surface area (Å²) in [4.78, 5) is 42.1. The molecule has 0 unspecified atom stereocenters. The molecule has 0 bridgehead atoms. The van der Waals surface area contributed by atoms with E-state index in [2.05, 4.69) is 41.4 Å². The fraction of sp³-hybridized carbons (Fsp3) is 0.357. The lowest BCUT2D eigenvalue weighted by Gasteiger charge is -2.21. The van der Waals surface area contributed by atoms with Gasteiger partial charge in [-0.1, -0.05) is 6.92 Å². The first-order valence-electron chi connectivity index (χ1n) is 13.9. The minimum absolute atomic E-state index is 0.00982. The molecule has 44 heavy (non-hydrogen) atoms. The summed E-state index contributed by atoms with van der Waals surface area (Å²) in [5, 5.41) is 24.7. The number of nitrogens with zero attached hydrogens (tertiary/aromatic N) is 4. The smallest absolute Gasteiger partial charge is 0.435 e. The molecule has 4 heterocycles. The molecule has 3 aromatic heterocycles. The molecule has 1 aliphatic heterocycles. The third kappa shape index (κ3) is 7.50. The van der Waals surface area contributed by atoms with Crippen LogP contribution in [0.2, 0.25) is 0 Å². The molecule has 13 nitrogen and oxygen atoms in total. The molecule has 0 saturated carbocycles. The zero-order valence-electron chi connectivity index (χ0n) is 23.7. The SMILES string of the molecule is CCc1cc(Nc2nccn3c(-c4c[nH]nc4C(F)(F)F)cnc23)ccc1C(=O)NCCNC(=O)C1CCNCC1.O=CO. The van der Waals surface area contributed by atoms with Crippen molar-refractivity contribution in [2.24, 2.45) is 5.92 Å². The molecule has 0 radical (unpaired) electrons. The van der Waals surface area contributed by atoms with Crippen LogP contribution in [0.5, 0.6) is 0 Å². The molecular formula is C28H32F3N9O4. The van der Waals surface area contributed by atoms with E-state index in [1.807, 2.05) is 13.0 Å². The summed E-state index contributed by atoms with van der Waals surface area (Å²) in [5.74, 6) is 0.114. The third-order valence-corrected chi connectivity index (χ3v) is 7.03. The number of rotatable bonds is 9.